The molecule has 0 aromatic heterocycles. The van der Waals surface area contributed by atoms with Gasteiger partial charge in [-0.2, -0.15) is 0 Å². The number of nitrogens with zero attached hydrogens (tertiary/aromatic N) is 3. The lowest BCUT2D eigenvalue weighted by atomic mass is 10.0. The standard InChI is InChI=1S/C21H30N4O3/c1-14(2)13-18-20(27)25(21(28)22-18)17-7-5-16(6-8-17)23-9-11-24(12-10-23)19(26)15(3)4/h5-8,14-15,18H,9-13H2,1-4H3,(H,22,28)/t18-/m0/s1. The van der Waals surface area contributed by atoms with E-state index in [0.29, 0.717) is 31.1 Å². The Hall–Kier alpha value is -2.57. The summed E-state index contributed by atoms with van der Waals surface area (Å²) in [7, 11) is 0. The number of amides is 4. The van der Waals surface area contributed by atoms with Crippen molar-refractivity contribution in [1.82, 2.24) is 10.2 Å². The topological polar surface area (TPSA) is 73.0 Å². The molecule has 152 valence electrons. The molecule has 1 aromatic carbocycles. The quantitative estimate of drug-likeness (QED) is 0.789. The van der Waals surface area contributed by atoms with Gasteiger partial charge in [0.1, 0.15) is 6.04 Å². The number of nitrogens with one attached hydrogen (secondary N) is 1. The number of benzene rings is 1. The molecule has 0 radical (unpaired) electrons. The maximum atomic E-state index is 12.6. The first kappa shape index (κ1) is 20.2. The van der Waals surface area contributed by atoms with Gasteiger partial charge in [-0.3, -0.25) is 9.59 Å². The first-order valence-electron chi connectivity index (χ1n) is 10.1. The zero-order valence-electron chi connectivity index (χ0n) is 17.1. The van der Waals surface area contributed by atoms with Gasteiger partial charge >= 0.3 is 6.03 Å². The fraction of sp³-hybridized carbons (Fsp3) is 0.571. The molecule has 0 saturated carbocycles. The van der Waals surface area contributed by atoms with Gasteiger partial charge in [0.25, 0.3) is 5.91 Å². The van der Waals surface area contributed by atoms with E-state index in [1.54, 1.807) is 0 Å². The van der Waals surface area contributed by atoms with Gasteiger partial charge in [0.2, 0.25) is 5.91 Å². The Bertz CT molecular complexity index is 737. The molecule has 1 aromatic rings. The molecule has 0 unspecified atom stereocenters. The highest BCUT2D eigenvalue weighted by Gasteiger charge is 2.39. The maximum absolute atomic E-state index is 12.6. The largest absolute Gasteiger partial charge is 0.368 e. The number of carbonyl (C=O) groups is 3. The molecular formula is C21H30N4O3. The first-order valence-corrected chi connectivity index (χ1v) is 10.1. The van der Waals surface area contributed by atoms with Gasteiger partial charge < -0.3 is 15.1 Å². The predicted molar refractivity (Wildman–Crippen MR) is 109 cm³/mol. The van der Waals surface area contributed by atoms with Crippen LogP contribution in [0.25, 0.3) is 0 Å². The second-order valence-electron chi connectivity index (χ2n) is 8.29. The van der Waals surface area contributed by atoms with E-state index in [-0.39, 0.29) is 23.8 Å². The number of anilines is 2. The van der Waals surface area contributed by atoms with Crippen LogP contribution in [0, 0.1) is 11.8 Å². The third kappa shape index (κ3) is 4.13. The fourth-order valence-corrected chi connectivity index (χ4v) is 3.77. The third-order valence-electron chi connectivity index (χ3n) is 5.28. The lowest BCUT2D eigenvalue weighted by Gasteiger charge is -2.37. The van der Waals surface area contributed by atoms with Gasteiger partial charge in [0.15, 0.2) is 0 Å². The normalized spacial score (nSPS) is 20.4. The van der Waals surface area contributed by atoms with Crippen molar-refractivity contribution in [2.45, 2.75) is 40.2 Å². The summed E-state index contributed by atoms with van der Waals surface area (Å²) in [5, 5.41) is 2.78. The lowest BCUT2D eigenvalue weighted by Crippen LogP contribution is -2.49. The Kier molecular flexibility index (Phi) is 5.91. The van der Waals surface area contributed by atoms with Crippen LogP contribution in [-0.4, -0.2) is 55.0 Å². The zero-order valence-corrected chi connectivity index (χ0v) is 17.1. The maximum Gasteiger partial charge on any atom is 0.329 e. The first-order chi connectivity index (χ1) is 13.3. The van der Waals surface area contributed by atoms with Crippen molar-refractivity contribution in [2.24, 2.45) is 11.8 Å². The SMILES string of the molecule is CC(C)C[C@@H]1NC(=O)N(c2ccc(N3CCN(C(=O)C(C)C)CC3)cc2)C1=O. The van der Waals surface area contributed by atoms with Crippen molar-refractivity contribution in [3.05, 3.63) is 24.3 Å². The van der Waals surface area contributed by atoms with Crippen molar-refractivity contribution >= 4 is 29.2 Å². The van der Waals surface area contributed by atoms with Gasteiger partial charge in [-0.15, -0.1) is 0 Å². The van der Waals surface area contributed by atoms with Crippen LogP contribution in [0.15, 0.2) is 24.3 Å². The molecule has 7 nitrogen and oxygen atoms in total. The monoisotopic (exact) mass is 386 g/mol. The molecule has 0 aliphatic carbocycles. The van der Waals surface area contributed by atoms with Crippen LogP contribution in [0.3, 0.4) is 0 Å². The predicted octanol–water partition coefficient (Wildman–Crippen LogP) is 2.46. The van der Waals surface area contributed by atoms with Gasteiger partial charge in [0.05, 0.1) is 5.69 Å². The number of hydrogen-bond donors (Lipinski definition) is 1. The third-order valence-corrected chi connectivity index (χ3v) is 5.28. The van der Waals surface area contributed by atoms with Crippen LogP contribution >= 0.6 is 0 Å². The highest BCUT2D eigenvalue weighted by molar-refractivity contribution is 6.21. The Labute approximate surface area is 166 Å². The summed E-state index contributed by atoms with van der Waals surface area (Å²) >= 11 is 0. The van der Waals surface area contributed by atoms with E-state index in [1.807, 2.05) is 56.9 Å². The van der Waals surface area contributed by atoms with Crippen molar-refractivity contribution in [2.75, 3.05) is 36.0 Å². The Balaban J connectivity index is 1.64. The molecule has 2 aliphatic rings. The summed E-state index contributed by atoms with van der Waals surface area (Å²) < 4.78 is 0. The lowest BCUT2D eigenvalue weighted by molar-refractivity contribution is -0.134. The summed E-state index contributed by atoms with van der Waals surface area (Å²) in [5.41, 5.74) is 1.62. The Morgan fingerprint density at radius 3 is 2.11 bits per heavy atom. The zero-order chi connectivity index (χ0) is 20.4. The molecule has 1 atom stereocenters. The van der Waals surface area contributed by atoms with Crippen molar-refractivity contribution < 1.29 is 14.4 Å². The summed E-state index contributed by atoms with van der Waals surface area (Å²) in [5.74, 6) is 0.365. The number of urea groups is 1. The molecule has 0 bridgehead atoms. The van der Waals surface area contributed by atoms with Crippen LogP contribution in [0.5, 0.6) is 0 Å². The van der Waals surface area contributed by atoms with Gasteiger partial charge in [-0.05, 0) is 36.6 Å². The van der Waals surface area contributed by atoms with Gasteiger partial charge in [-0.1, -0.05) is 27.7 Å². The number of hydrogen-bond acceptors (Lipinski definition) is 4. The molecule has 2 aliphatic heterocycles. The second-order valence-corrected chi connectivity index (χ2v) is 8.29. The summed E-state index contributed by atoms with van der Waals surface area (Å²) in [6.45, 7) is 10.9. The molecule has 2 fully saturated rings. The minimum Gasteiger partial charge on any atom is -0.368 e. The minimum atomic E-state index is -0.446. The van der Waals surface area contributed by atoms with Crippen LogP contribution in [-0.2, 0) is 9.59 Å². The highest BCUT2D eigenvalue weighted by atomic mass is 16.2. The van der Waals surface area contributed by atoms with E-state index >= 15 is 0 Å². The number of piperazine rings is 1. The number of carbonyl (C=O) groups excluding carboxylic acids is 3. The van der Waals surface area contributed by atoms with E-state index in [1.165, 1.54) is 4.90 Å². The van der Waals surface area contributed by atoms with Crippen LogP contribution < -0.4 is 15.1 Å². The van der Waals surface area contributed by atoms with Crippen molar-refractivity contribution in [1.29, 1.82) is 0 Å². The number of imide groups is 1. The summed E-state index contributed by atoms with van der Waals surface area (Å²) in [6.07, 6.45) is 0.637. The van der Waals surface area contributed by atoms with Crippen molar-refractivity contribution in [3.63, 3.8) is 0 Å². The highest BCUT2D eigenvalue weighted by Crippen LogP contribution is 2.26. The van der Waals surface area contributed by atoms with Crippen LogP contribution in [0.4, 0.5) is 16.2 Å². The Morgan fingerprint density at radius 2 is 1.57 bits per heavy atom. The molecule has 4 amide bonds. The number of rotatable bonds is 5. The second kappa shape index (κ2) is 8.20. The molecule has 28 heavy (non-hydrogen) atoms. The van der Waals surface area contributed by atoms with E-state index in [9.17, 15) is 14.4 Å². The van der Waals surface area contributed by atoms with Gasteiger partial charge in [-0.25, -0.2) is 9.69 Å². The molecular weight excluding hydrogens is 356 g/mol. The molecule has 3 rings (SSSR count). The van der Waals surface area contributed by atoms with Gasteiger partial charge in [0, 0.05) is 37.8 Å². The molecule has 0 spiro atoms. The van der Waals surface area contributed by atoms with Crippen molar-refractivity contribution in [3.8, 4) is 0 Å². The summed E-state index contributed by atoms with van der Waals surface area (Å²) in [4.78, 5) is 42.3. The van der Waals surface area contributed by atoms with Crippen LogP contribution in [0.1, 0.15) is 34.1 Å². The van der Waals surface area contributed by atoms with E-state index in [2.05, 4.69) is 10.2 Å². The van der Waals surface area contributed by atoms with E-state index < -0.39 is 6.04 Å². The molecule has 7 heteroatoms. The average molecular weight is 386 g/mol. The Morgan fingerprint density at radius 1 is 1.00 bits per heavy atom. The molecule has 1 N–H and O–H groups in total. The molecule has 2 heterocycles. The fourth-order valence-electron chi connectivity index (χ4n) is 3.77. The molecule has 2 saturated heterocycles. The average Bonchev–Trinajstić information content (AvgIpc) is 2.94. The summed E-state index contributed by atoms with van der Waals surface area (Å²) in [6, 6.07) is 6.70. The minimum absolute atomic E-state index is 0.0227. The van der Waals surface area contributed by atoms with Crippen LogP contribution in [0.2, 0.25) is 0 Å². The van der Waals surface area contributed by atoms with E-state index in [4.69, 9.17) is 0 Å². The smallest absolute Gasteiger partial charge is 0.329 e. The van der Waals surface area contributed by atoms with E-state index in [0.717, 1.165) is 18.8 Å².